The van der Waals surface area contributed by atoms with E-state index in [1.807, 2.05) is 0 Å². The van der Waals surface area contributed by atoms with Gasteiger partial charge in [-0.1, -0.05) is 12.1 Å². The SMILES string of the molecule is O=C1NC(=O)C(=Cc2ccc(OCCF)cc2)S1. The third kappa shape index (κ3) is 3.10. The number of alkyl halides is 1. The van der Waals surface area contributed by atoms with Crippen LogP contribution in [-0.2, 0) is 4.79 Å². The zero-order valence-electron chi connectivity index (χ0n) is 9.31. The number of imide groups is 1. The smallest absolute Gasteiger partial charge is 0.290 e. The summed E-state index contributed by atoms with van der Waals surface area (Å²) < 4.78 is 17.0. The predicted octanol–water partition coefficient (Wildman–Crippen LogP) is 2.36. The lowest BCUT2D eigenvalue weighted by atomic mass is 10.2. The van der Waals surface area contributed by atoms with Crippen molar-refractivity contribution in [2.24, 2.45) is 0 Å². The molecular weight excluding hydrogens is 257 g/mol. The summed E-state index contributed by atoms with van der Waals surface area (Å²) >= 11 is 0.867. The first-order chi connectivity index (χ1) is 8.69. The fourth-order valence-corrected chi connectivity index (χ4v) is 2.07. The number of hydrogen-bond acceptors (Lipinski definition) is 4. The number of thioether (sulfide) groups is 1. The van der Waals surface area contributed by atoms with Crippen LogP contribution >= 0.6 is 11.8 Å². The van der Waals surface area contributed by atoms with Crippen molar-refractivity contribution in [1.82, 2.24) is 5.32 Å². The molecule has 0 unspecified atom stereocenters. The summed E-state index contributed by atoms with van der Waals surface area (Å²) in [6.07, 6.45) is 1.61. The Bertz CT molecular complexity index is 499. The minimum absolute atomic E-state index is 0.0210. The number of benzene rings is 1. The van der Waals surface area contributed by atoms with E-state index < -0.39 is 6.67 Å². The molecule has 0 saturated carbocycles. The summed E-state index contributed by atoms with van der Waals surface area (Å²) in [6, 6.07) is 6.83. The first kappa shape index (κ1) is 12.6. The van der Waals surface area contributed by atoms with Gasteiger partial charge in [0.15, 0.2) is 0 Å². The van der Waals surface area contributed by atoms with E-state index in [0.717, 1.165) is 17.3 Å². The van der Waals surface area contributed by atoms with Crippen LogP contribution in [0.2, 0.25) is 0 Å². The van der Waals surface area contributed by atoms with Gasteiger partial charge in [0.2, 0.25) is 0 Å². The second kappa shape index (κ2) is 5.68. The van der Waals surface area contributed by atoms with E-state index in [-0.39, 0.29) is 17.8 Å². The highest BCUT2D eigenvalue weighted by molar-refractivity contribution is 8.18. The maximum Gasteiger partial charge on any atom is 0.290 e. The number of rotatable bonds is 4. The molecule has 1 aromatic rings. The number of hydrogen-bond donors (Lipinski definition) is 1. The van der Waals surface area contributed by atoms with Gasteiger partial charge in [-0.25, -0.2) is 4.39 Å². The third-order valence-corrected chi connectivity index (χ3v) is 2.98. The number of halogens is 1. The van der Waals surface area contributed by atoms with Crippen LogP contribution in [-0.4, -0.2) is 24.4 Å². The fraction of sp³-hybridized carbons (Fsp3) is 0.167. The van der Waals surface area contributed by atoms with E-state index in [1.54, 1.807) is 30.3 Å². The van der Waals surface area contributed by atoms with Gasteiger partial charge >= 0.3 is 0 Å². The van der Waals surface area contributed by atoms with E-state index in [0.29, 0.717) is 10.7 Å². The van der Waals surface area contributed by atoms with Crippen LogP contribution in [0.1, 0.15) is 5.56 Å². The van der Waals surface area contributed by atoms with Crippen molar-refractivity contribution in [3.63, 3.8) is 0 Å². The quantitative estimate of drug-likeness (QED) is 0.851. The Balaban J connectivity index is 2.08. The van der Waals surface area contributed by atoms with Crippen LogP contribution in [0.4, 0.5) is 9.18 Å². The first-order valence-corrected chi connectivity index (χ1v) is 6.04. The molecular formula is C12H10FNO3S. The molecule has 0 bridgehead atoms. The Morgan fingerprint density at radius 3 is 2.56 bits per heavy atom. The van der Waals surface area contributed by atoms with Gasteiger partial charge in [0, 0.05) is 0 Å². The van der Waals surface area contributed by atoms with Crippen molar-refractivity contribution in [1.29, 1.82) is 0 Å². The van der Waals surface area contributed by atoms with Crippen LogP contribution in [0.15, 0.2) is 29.2 Å². The van der Waals surface area contributed by atoms with Crippen LogP contribution in [0.3, 0.4) is 0 Å². The summed E-state index contributed by atoms with van der Waals surface area (Å²) in [5.74, 6) is 0.178. The second-order valence-corrected chi connectivity index (χ2v) is 4.47. The summed E-state index contributed by atoms with van der Waals surface area (Å²) in [7, 11) is 0. The average molecular weight is 267 g/mol. The minimum atomic E-state index is -0.537. The number of nitrogens with one attached hydrogen (secondary N) is 1. The predicted molar refractivity (Wildman–Crippen MR) is 67.0 cm³/mol. The first-order valence-electron chi connectivity index (χ1n) is 5.23. The molecule has 1 aliphatic heterocycles. The van der Waals surface area contributed by atoms with Crippen LogP contribution < -0.4 is 10.1 Å². The van der Waals surface area contributed by atoms with Crippen molar-refractivity contribution >= 4 is 29.0 Å². The molecule has 1 aromatic carbocycles. The van der Waals surface area contributed by atoms with Crippen molar-refractivity contribution < 1.29 is 18.7 Å². The molecule has 1 saturated heterocycles. The lowest BCUT2D eigenvalue weighted by Crippen LogP contribution is -2.17. The number of ether oxygens (including phenoxy) is 1. The molecule has 0 aliphatic carbocycles. The van der Waals surface area contributed by atoms with Crippen LogP contribution in [0.25, 0.3) is 6.08 Å². The third-order valence-electron chi connectivity index (χ3n) is 2.17. The standard InChI is InChI=1S/C12H10FNO3S/c13-5-6-17-9-3-1-8(2-4-9)7-10-11(15)14-12(16)18-10/h1-4,7H,5-6H2,(H,14,15,16). The summed E-state index contributed by atoms with van der Waals surface area (Å²) in [6.45, 7) is -0.516. The van der Waals surface area contributed by atoms with E-state index >= 15 is 0 Å². The highest BCUT2D eigenvalue weighted by atomic mass is 32.2. The molecule has 6 heteroatoms. The van der Waals surface area contributed by atoms with Gasteiger partial charge in [0.25, 0.3) is 11.1 Å². The second-order valence-electron chi connectivity index (χ2n) is 3.46. The van der Waals surface area contributed by atoms with Crippen LogP contribution in [0.5, 0.6) is 5.75 Å². The molecule has 2 amide bonds. The number of amides is 2. The van der Waals surface area contributed by atoms with E-state index in [4.69, 9.17) is 4.74 Å². The van der Waals surface area contributed by atoms with Crippen molar-refractivity contribution in [3.05, 3.63) is 34.7 Å². The molecule has 18 heavy (non-hydrogen) atoms. The highest BCUT2D eigenvalue weighted by Crippen LogP contribution is 2.26. The van der Waals surface area contributed by atoms with Gasteiger partial charge < -0.3 is 4.74 Å². The molecule has 0 atom stereocenters. The van der Waals surface area contributed by atoms with Gasteiger partial charge in [-0.15, -0.1) is 0 Å². The van der Waals surface area contributed by atoms with E-state index in [2.05, 4.69) is 5.32 Å². The molecule has 0 aromatic heterocycles. The number of carbonyl (C=O) groups is 2. The minimum Gasteiger partial charge on any atom is -0.491 e. The van der Waals surface area contributed by atoms with Crippen LogP contribution in [0, 0.1) is 0 Å². The van der Waals surface area contributed by atoms with Gasteiger partial charge in [-0.3, -0.25) is 14.9 Å². The Kier molecular flexibility index (Phi) is 3.99. The lowest BCUT2D eigenvalue weighted by molar-refractivity contribution is -0.115. The van der Waals surface area contributed by atoms with E-state index in [1.165, 1.54) is 0 Å². The largest absolute Gasteiger partial charge is 0.491 e. The molecule has 0 radical (unpaired) electrons. The van der Waals surface area contributed by atoms with Gasteiger partial charge in [-0.2, -0.15) is 0 Å². The molecule has 1 N–H and O–H groups in total. The zero-order chi connectivity index (χ0) is 13.0. The normalized spacial score (nSPS) is 17.1. The van der Waals surface area contributed by atoms with Crippen molar-refractivity contribution in [3.8, 4) is 5.75 Å². The molecule has 94 valence electrons. The molecule has 0 spiro atoms. The van der Waals surface area contributed by atoms with Gasteiger partial charge in [-0.05, 0) is 35.5 Å². The fourth-order valence-electron chi connectivity index (χ4n) is 1.39. The highest BCUT2D eigenvalue weighted by Gasteiger charge is 2.24. The Morgan fingerprint density at radius 1 is 1.28 bits per heavy atom. The summed E-state index contributed by atoms with van der Waals surface area (Å²) in [5, 5.41) is 1.81. The molecule has 1 aliphatic rings. The zero-order valence-corrected chi connectivity index (χ0v) is 10.1. The Morgan fingerprint density at radius 2 is 2.00 bits per heavy atom. The van der Waals surface area contributed by atoms with E-state index in [9.17, 15) is 14.0 Å². The van der Waals surface area contributed by atoms with Gasteiger partial charge in [0.05, 0.1) is 4.91 Å². The monoisotopic (exact) mass is 267 g/mol. The van der Waals surface area contributed by atoms with Gasteiger partial charge in [0.1, 0.15) is 19.0 Å². The van der Waals surface area contributed by atoms with Crippen molar-refractivity contribution in [2.45, 2.75) is 0 Å². The maximum atomic E-state index is 11.9. The Hall–Kier alpha value is -1.82. The lowest BCUT2D eigenvalue weighted by Gasteiger charge is -2.03. The molecule has 1 fully saturated rings. The average Bonchev–Trinajstić information content (AvgIpc) is 2.67. The summed E-state index contributed by atoms with van der Waals surface area (Å²) in [5.41, 5.74) is 0.773. The summed E-state index contributed by atoms with van der Waals surface area (Å²) in [4.78, 5) is 22.6. The topological polar surface area (TPSA) is 55.4 Å². The Labute approximate surface area is 107 Å². The maximum absolute atomic E-state index is 11.9. The van der Waals surface area contributed by atoms with Crippen molar-refractivity contribution in [2.75, 3.05) is 13.3 Å². The molecule has 4 nitrogen and oxygen atoms in total. The molecule has 1 heterocycles. The number of carbonyl (C=O) groups excluding carboxylic acids is 2. The molecule has 2 rings (SSSR count).